The van der Waals surface area contributed by atoms with Crippen molar-refractivity contribution in [1.82, 2.24) is 10.2 Å². The number of rotatable bonds is 4. The number of halogens is 1. The summed E-state index contributed by atoms with van der Waals surface area (Å²) < 4.78 is 24.4. The van der Waals surface area contributed by atoms with Crippen LogP contribution in [-0.2, 0) is 19.7 Å². The summed E-state index contributed by atoms with van der Waals surface area (Å²) in [6.07, 6.45) is 2.44. The van der Waals surface area contributed by atoms with Crippen LogP contribution in [0.25, 0.3) is 0 Å². The SMILES string of the molecule is CC(C)(C)OC(=O)N1CCC[C@H]1C(=O)NCC1(c2ccc(F)cc2)CCOCC1. The summed E-state index contributed by atoms with van der Waals surface area (Å²) >= 11 is 0. The highest BCUT2D eigenvalue weighted by atomic mass is 19.1. The second-order valence-electron chi connectivity index (χ2n) is 8.95. The normalized spacial score (nSPS) is 21.7. The molecule has 2 saturated heterocycles. The van der Waals surface area contributed by atoms with E-state index in [-0.39, 0.29) is 17.1 Å². The van der Waals surface area contributed by atoms with Crippen LogP contribution in [-0.4, -0.2) is 54.8 Å². The first-order valence-electron chi connectivity index (χ1n) is 10.3. The van der Waals surface area contributed by atoms with E-state index in [1.54, 1.807) is 12.1 Å². The summed E-state index contributed by atoms with van der Waals surface area (Å²) in [7, 11) is 0. The van der Waals surface area contributed by atoms with Gasteiger partial charge in [0.2, 0.25) is 5.91 Å². The lowest BCUT2D eigenvalue weighted by Crippen LogP contribution is -2.51. The molecule has 7 heteroatoms. The first-order chi connectivity index (χ1) is 13.7. The highest BCUT2D eigenvalue weighted by Gasteiger charge is 2.39. The van der Waals surface area contributed by atoms with Gasteiger partial charge >= 0.3 is 6.09 Å². The maximum atomic E-state index is 13.4. The molecule has 2 heterocycles. The average Bonchev–Trinajstić information content (AvgIpc) is 3.16. The Kier molecular flexibility index (Phi) is 6.46. The number of hydrogen-bond acceptors (Lipinski definition) is 4. The van der Waals surface area contributed by atoms with Gasteiger partial charge in [-0.2, -0.15) is 0 Å². The van der Waals surface area contributed by atoms with Crippen LogP contribution in [0.2, 0.25) is 0 Å². The Morgan fingerprint density at radius 2 is 1.90 bits per heavy atom. The first-order valence-corrected chi connectivity index (χ1v) is 10.3. The zero-order valence-corrected chi connectivity index (χ0v) is 17.5. The lowest BCUT2D eigenvalue weighted by molar-refractivity contribution is -0.126. The molecular weight excluding hydrogens is 375 g/mol. The number of ether oxygens (including phenoxy) is 2. The van der Waals surface area contributed by atoms with Gasteiger partial charge in [0.1, 0.15) is 17.5 Å². The molecule has 0 aliphatic carbocycles. The van der Waals surface area contributed by atoms with Crippen LogP contribution in [0.3, 0.4) is 0 Å². The average molecular weight is 406 g/mol. The molecule has 2 amide bonds. The maximum absolute atomic E-state index is 13.4. The molecule has 2 fully saturated rings. The van der Waals surface area contributed by atoms with Crippen molar-refractivity contribution in [3.63, 3.8) is 0 Å². The summed E-state index contributed by atoms with van der Waals surface area (Å²) in [5.41, 5.74) is 0.102. The summed E-state index contributed by atoms with van der Waals surface area (Å²) in [6.45, 7) is 7.58. The number of amides is 2. The van der Waals surface area contributed by atoms with Gasteiger partial charge in [0, 0.05) is 31.7 Å². The lowest BCUT2D eigenvalue weighted by Gasteiger charge is -2.38. The first kappa shape index (κ1) is 21.6. The number of carbonyl (C=O) groups is 2. The third kappa shape index (κ3) is 5.26. The fourth-order valence-electron chi connectivity index (χ4n) is 4.09. The van der Waals surface area contributed by atoms with Gasteiger partial charge in [0.15, 0.2) is 0 Å². The Balaban J connectivity index is 1.68. The zero-order valence-electron chi connectivity index (χ0n) is 17.5. The van der Waals surface area contributed by atoms with Crippen LogP contribution >= 0.6 is 0 Å². The molecule has 29 heavy (non-hydrogen) atoms. The molecule has 6 nitrogen and oxygen atoms in total. The van der Waals surface area contributed by atoms with Crippen LogP contribution in [0.15, 0.2) is 24.3 Å². The number of hydrogen-bond donors (Lipinski definition) is 1. The molecule has 0 spiro atoms. The summed E-state index contributed by atoms with van der Waals surface area (Å²) in [5, 5.41) is 3.06. The molecule has 3 rings (SSSR count). The van der Waals surface area contributed by atoms with Crippen molar-refractivity contribution < 1.29 is 23.5 Å². The largest absolute Gasteiger partial charge is 0.444 e. The molecular formula is C22H31FN2O4. The molecule has 160 valence electrons. The van der Waals surface area contributed by atoms with Crippen molar-refractivity contribution in [2.24, 2.45) is 0 Å². The van der Waals surface area contributed by atoms with Crippen LogP contribution in [0, 0.1) is 5.82 Å². The molecule has 2 aliphatic heterocycles. The van der Waals surface area contributed by atoms with Gasteiger partial charge in [-0.25, -0.2) is 9.18 Å². The molecule has 0 bridgehead atoms. The van der Waals surface area contributed by atoms with Crippen molar-refractivity contribution in [3.8, 4) is 0 Å². The van der Waals surface area contributed by atoms with E-state index in [1.165, 1.54) is 17.0 Å². The second-order valence-corrected chi connectivity index (χ2v) is 8.95. The minimum absolute atomic E-state index is 0.165. The number of likely N-dealkylation sites (tertiary alicyclic amines) is 1. The molecule has 1 aromatic rings. The summed E-state index contributed by atoms with van der Waals surface area (Å²) in [4.78, 5) is 26.9. The van der Waals surface area contributed by atoms with E-state index >= 15 is 0 Å². The smallest absolute Gasteiger partial charge is 0.410 e. The van der Waals surface area contributed by atoms with Crippen LogP contribution in [0.4, 0.5) is 9.18 Å². The minimum Gasteiger partial charge on any atom is -0.444 e. The van der Waals surface area contributed by atoms with Crippen LogP contribution < -0.4 is 5.32 Å². The van der Waals surface area contributed by atoms with Crippen molar-refractivity contribution in [1.29, 1.82) is 0 Å². The molecule has 0 radical (unpaired) electrons. The number of carbonyl (C=O) groups excluding carboxylic acids is 2. The molecule has 1 aromatic carbocycles. The number of nitrogens with zero attached hydrogens (tertiary/aromatic N) is 1. The van der Waals surface area contributed by atoms with Gasteiger partial charge < -0.3 is 14.8 Å². The highest BCUT2D eigenvalue weighted by Crippen LogP contribution is 2.34. The van der Waals surface area contributed by atoms with Crippen molar-refractivity contribution in [2.45, 2.75) is 63.5 Å². The van der Waals surface area contributed by atoms with E-state index in [4.69, 9.17) is 9.47 Å². The van der Waals surface area contributed by atoms with Gasteiger partial charge in [-0.1, -0.05) is 12.1 Å². The van der Waals surface area contributed by atoms with Gasteiger partial charge in [-0.05, 0) is 64.2 Å². The van der Waals surface area contributed by atoms with E-state index in [0.29, 0.717) is 32.7 Å². The maximum Gasteiger partial charge on any atom is 0.410 e. The number of nitrogens with one attached hydrogen (secondary N) is 1. The standard InChI is InChI=1S/C22H31FN2O4/c1-21(2,3)29-20(27)25-12-4-5-18(25)19(26)24-15-22(10-13-28-14-11-22)16-6-8-17(23)9-7-16/h6-9,18H,4-5,10-15H2,1-3H3,(H,24,26)/t18-/m0/s1. The summed E-state index contributed by atoms with van der Waals surface area (Å²) in [5.74, 6) is -0.444. The van der Waals surface area contributed by atoms with Crippen molar-refractivity contribution in [2.75, 3.05) is 26.3 Å². The monoisotopic (exact) mass is 406 g/mol. The molecule has 1 N–H and O–H groups in total. The van der Waals surface area contributed by atoms with E-state index < -0.39 is 17.7 Å². The van der Waals surface area contributed by atoms with Gasteiger partial charge in [-0.15, -0.1) is 0 Å². The second kappa shape index (κ2) is 8.69. The van der Waals surface area contributed by atoms with E-state index in [9.17, 15) is 14.0 Å². The zero-order chi connectivity index (χ0) is 21.1. The van der Waals surface area contributed by atoms with Gasteiger partial charge in [-0.3, -0.25) is 9.69 Å². The Labute approximate surface area is 171 Å². The van der Waals surface area contributed by atoms with Crippen LogP contribution in [0.1, 0.15) is 52.0 Å². The molecule has 2 aliphatic rings. The van der Waals surface area contributed by atoms with E-state index in [2.05, 4.69) is 5.32 Å². The fraction of sp³-hybridized carbons (Fsp3) is 0.636. The van der Waals surface area contributed by atoms with Crippen LogP contribution in [0.5, 0.6) is 0 Å². The van der Waals surface area contributed by atoms with Gasteiger partial charge in [0.05, 0.1) is 0 Å². The number of benzene rings is 1. The molecule has 0 saturated carbocycles. The minimum atomic E-state index is -0.602. The lowest BCUT2D eigenvalue weighted by atomic mass is 9.74. The molecule has 1 atom stereocenters. The predicted molar refractivity (Wildman–Crippen MR) is 107 cm³/mol. The Hall–Kier alpha value is -2.15. The Morgan fingerprint density at radius 3 is 2.52 bits per heavy atom. The third-order valence-corrected chi connectivity index (χ3v) is 5.69. The van der Waals surface area contributed by atoms with Crippen molar-refractivity contribution in [3.05, 3.63) is 35.6 Å². The fourth-order valence-corrected chi connectivity index (χ4v) is 4.09. The van der Waals surface area contributed by atoms with Crippen molar-refractivity contribution >= 4 is 12.0 Å². The topological polar surface area (TPSA) is 67.9 Å². The van der Waals surface area contributed by atoms with Gasteiger partial charge in [0.25, 0.3) is 0 Å². The highest BCUT2D eigenvalue weighted by molar-refractivity contribution is 5.86. The van der Waals surface area contributed by atoms with E-state index in [0.717, 1.165) is 24.8 Å². The summed E-state index contributed by atoms with van der Waals surface area (Å²) in [6, 6.07) is 5.96. The quantitative estimate of drug-likeness (QED) is 0.832. The van der Waals surface area contributed by atoms with E-state index in [1.807, 2.05) is 20.8 Å². The predicted octanol–water partition coefficient (Wildman–Crippen LogP) is 3.39. The Bertz CT molecular complexity index is 723. The Morgan fingerprint density at radius 1 is 1.24 bits per heavy atom. The third-order valence-electron chi connectivity index (χ3n) is 5.69. The molecule has 0 unspecified atom stereocenters. The molecule has 0 aromatic heterocycles.